The summed E-state index contributed by atoms with van der Waals surface area (Å²) in [5, 5.41) is 6.71. The molecule has 0 spiro atoms. The van der Waals surface area contributed by atoms with Crippen LogP contribution in [0.25, 0.3) is 0 Å². The number of hydrogen-bond acceptors (Lipinski definition) is 4. The Labute approximate surface area is 108 Å². The van der Waals surface area contributed by atoms with Crippen molar-refractivity contribution in [2.45, 2.75) is 10.1 Å². The predicted molar refractivity (Wildman–Crippen MR) is 61.9 cm³/mol. The second kappa shape index (κ2) is 5.64. The Bertz CT molecular complexity index is 557. The van der Waals surface area contributed by atoms with Crippen LogP contribution in [0.2, 0.25) is 5.02 Å². The van der Waals surface area contributed by atoms with Crippen molar-refractivity contribution in [3.05, 3.63) is 29.0 Å². The van der Waals surface area contributed by atoms with E-state index in [0.29, 0.717) is 0 Å². The van der Waals surface area contributed by atoms with Gasteiger partial charge in [-0.2, -0.15) is 0 Å². The van der Waals surface area contributed by atoms with Crippen molar-refractivity contribution in [2.75, 3.05) is 13.7 Å². The molecule has 0 fully saturated rings. The molecule has 1 N–H and O–H groups in total. The smallest absolute Gasteiger partial charge is 0.324 e. The highest BCUT2D eigenvalue weighted by molar-refractivity contribution is 7.92. The summed E-state index contributed by atoms with van der Waals surface area (Å²) in [7, 11) is -2.99. The molecule has 0 radical (unpaired) electrons. The van der Waals surface area contributed by atoms with E-state index in [9.17, 15) is 17.6 Å². The van der Waals surface area contributed by atoms with Gasteiger partial charge in [0.15, 0.2) is 15.1 Å². The van der Waals surface area contributed by atoms with E-state index < -0.39 is 38.5 Å². The highest BCUT2D eigenvalue weighted by Crippen LogP contribution is 2.23. The molecule has 1 aromatic rings. The van der Waals surface area contributed by atoms with Crippen LogP contribution in [0, 0.1) is 5.82 Å². The summed E-state index contributed by atoms with van der Waals surface area (Å²) in [5.74, 6) is -2.33. The van der Waals surface area contributed by atoms with E-state index in [-0.39, 0.29) is 4.90 Å². The van der Waals surface area contributed by atoms with Crippen LogP contribution < -0.4 is 0 Å². The Kier molecular flexibility index (Phi) is 4.66. The number of benzene rings is 1. The summed E-state index contributed by atoms with van der Waals surface area (Å²) >= 11 is 5.46. The second-order valence-corrected chi connectivity index (χ2v) is 5.94. The first-order valence-electron chi connectivity index (χ1n) is 4.71. The Morgan fingerprint density at radius 1 is 1.56 bits per heavy atom. The Morgan fingerprint density at radius 2 is 2.17 bits per heavy atom. The van der Waals surface area contributed by atoms with Crippen LogP contribution in [-0.4, -0.2) is 38.5 Å². The molecule has 8 heteroatoms. The summed E-state index contributed by atoms with van der Waals surface area (Å²) < 4.78 is 41.5. The maximum absolute atomic E-state index is 12.9. The lowest BCUT2D eigenvalue weighted by Crippen LogP contribution is -2.34. The third-order valence-electron chi connectivity index (χ3n) is 2.19. The average molecular weight is 297 g/mol. The van der Waals surface area contributed by atoms with Gasteiger partial charge in [0.25, 0.3) is 0 Å². The fourth-order valence-electron chi connectivity index (χ4n) is 1.26. The van der Waals surface area contributed by atoms with E-state index >= 15 is 0 Å². The molecule has 1 rings (SSSR count). The lowest BCUT2D eigenvalue weighted by molar-refractivity contribution is -0.137. The number of carboxylic acids is 1. The van der Waals surface area contributed by atoms with E-state index in [1.807, 2.05) is 0 Å². The number of ether oxygens (including phenoxy) is 1. The summed E-state index contributed by atoms with van der Waals surface area (Å²) in [6.07, 6.45) is 0. The van der Waals surface area contributed by atoms with Gasteiger partial charge < -0.3 is 9.84 Å². The van der Waals surface area contributed by atoms with E-state index in [1.54, 1.807) is 0 Å². The van der Waals surface area contributed by atoms with Crippen molar-refractivity contribution < 1.29 is 27.4 Å². The molecule has 18 heavy (non-hydrogen) atoms. The van der Waals surface area contributed by atoms with Gasteiger partial charge in [0, 0.05) is 7.11 Å². The van der Waals surface area contributed by atoms with Crippen molar-refractivity contribution >= 4 is 27.4 Å². The molecule has 0 aliphatic carbocycles. The summed E-state index contributed by atoms with van der Waals surface area (Å²) in [6.45, 7) is -0.507. The molecule has 0 heterocycles. The molecule has 1 aromatic carbocycles. The minimum atomic E-state index is -4.18. The SMILES string of the molecule is COCC(C(=O)O)S(=O)(=O)c1ccc(F)c(Cl)c1. The second-order valence-electron chi connectivity index (χ2n) is 3.40. The first-order valence-corrected chi connectivity index (χ1v) is 6.64. The number of halogens is 2. The van der Waals surface area contributed by atoms with Gasteiger partial charge in [0.1, 0.15) is 5.82 Å². The van der Waals surface area contributed by atoms with Crippen molar-refractivity contribution in [3.63, 3.8) is 0 Å². The molecule has 1 unspecified atom stereocenters. The molecule has 0 aromatic heterocycles. The van der Waals surface area contributed by atoms with Crippen molar-refractivity contribution in [3.8, 4) is 0 Å². The largest absolute Gasteiger partial charge is 0.480 e. The van der Waals surface area contributed by atoms with E-state index in [4.69, 9.17) is 16.7 Å². The third-order valence-corrected chi connectivity index (χ3v) is 4.48. The molecule has 100 valence electrons. The quantitative estimate of drug-likeness (QED) is 0.830. The standard InChI is InChI=1S/C10H10ClFO5S/c1-17-5-9(10(13)14)18(15,16)6-2-3-8(12)7(11)4-6/h2-4,9H,5H2,1H3,(H,13,14). The van der Waals surface area contributed by atoms with Gasteiger partial charge in [-0.1, -0.05) is 11.6 Å². The van der Waals surface area contributed by atoms with Crippen molar-refractivity contribution in [2.24, 2.45) is 0 Å². The van der Waals surface area contributed by atoms with Crippen LogP contribution in [0.15, 0.2) is 23.1 Å². The Morgan fingerprint density at radius 3 is 2.61 bits per heavy atom. The van der Waals surface area contributed by atoms with Gasteiger partial charge in [0.2, 0.25) is 0 Å². The molecule has 0 aliphatic heterocycles. The first-order chi connectivity index (χ1) is 8.30. The summed E-state index contributed by atoms with van der Waals surface area (Å²) in [5.41, 5.74) is 0. The van der Waals surface area contributed by atoms with Crippen LogP contribution in [0.5, 0.6) is 0 Å². The number of methoxy groups -OCH3 is 1. The zero-order chi connectivity index (χ0) is 13.9. The zero-order valence-corrected chi connectivity index (χ0v) is 10.8. The number of rotatable bonds is 5. The highest BCUT2D eigenvalue weighted by Gasteiger charge is 2.34. The molecule has 1 atom stereocenters. The summed E-state index contributed by atoms with van der Waals surface area (Å²) in [6, 6.07) is 2.70. The van der Waals surface area contributed by atoms with Gasteiger partial charge in [-0.3, -0.25) is 4.79 Å². The number of hydrogen-bond donors (Lipinski definition) is 1. The fraction of sp³-hybridized carbons (Fsp3) is 0.300. The maximum Gasteiger partial charge on any atom is 0.324 e. The zero-order valence-electron chi connectivity index (χ0n) is 9.26. The van der Waals surface area contributed by atoms with Crippen molar-refractivity contribution in [1.82, 2.24) is 0 Å². The number of sulfone groups is 1. The number of carboxylic acid groups (broad SMARTS) is 1. The van der Waals surface area contributed by atoms with Crippen LogP contribution in [0.1, 0.15) is 0 Å². The van der Waals surface area contributed by atoms with Crippen LogP contribution in [-0.2, 0) is 19.4 Å². The van der Waals surface area contributed by atoms with Crippen LogP contribution in [0.3, 0.4) is 0 Å². The van der Waals surface area contributed by atoms with Crippen LogP contribution in [0.4, 0.5) is 4.39 Å². The Balaban J connectivity index is 3.26. The van der Waals surface area contributed by atoms with Gasteiger partial charge in [0.05, 0.1) is 16.5 Å². The predicted octanol–water partition coefficient (Wildman–Crippen LogP) is 1.35. The highest BCUT2D eigenvalue weighted by atomic mass is 35.5. The number of aliphatic carboxylic acids is 1. The summed E-state index contributed by atoms with van der Waals surface area (Å²) in [4.78, 5) is 10.5. The monoisotopic (exact) mass is 296 g/mol. The van der Waals surface area contributed by atoms with Gasteiger partial charge in [-0.25, -0.2) is 12.8 Å². The molecule has 0 bridgehead atoms. The lowest BCUT2D eigenvalue weighted by atomic mass is 10.3. The van der Waals surface area contributed by atoms with E-state index in [1.165, 1.54) is 7.11 Å². The minimum absolute atomic E-state index is 0.363. The van der Waals surface area contributed by atoms with Gasteiger partial charge in [-0.05, 0) is 18.2 Å². The van der Waals surface area contributed by atoms with Crippen molar-refractivity contribution in [1.29, 1.82) is 0 Å². The lowest BCUT2D eigenvalue weighted by Gasteiger charge is -2.12. The van der Waals surface area contributed by atoms with Gasteiger partial charge >= 0.3 is 5.97 Å². The van der Waals surface area contributed by atoms with Crippen LogP contribution >= 0.6 is 11.6 Å². The first kappa shape index (κ1) is 14.9. The Hall–Kier alpha value is -1.18. The fourth-order valence-corrected chi connectivity index (χ4v) is 2.96. The third kappa shape index (κ3) is 2.98. The number of carbonyl (C=O) groups is 1. The normalized spacial score (nSPS) is 13.3. The minimum Gasteiger partial charge on any atom is -0.480 e. The molecule has 0 amide bonds. The topological polar surface area (TPSA) is 80.7 Å². The maximum atomic E-state index is 12.9. The molecule has 0 saturated heterocycles. The molecule has 0 saturated carbocycles. The van der Waals surface area contributed by atoms with E-state index in [2.05, 4.69) is 4.74 Å². The molecule has 0 aliphatic rings. The molecular weight excluding hydrogens is 287 g/mol. The van der Waals surface area contributed by atoms with Gasteiger partial charge in [-0.15, -0.1) is 0 Å². The molecule has 5 nitrogen and oxygen atoms in total. The van der Waals surface area contributed by atoms with E-state index in [0.717, 1.165) is 18.2 Å². The molecular formula is C10H10ClFO5S. The average Bonchev–Trinajstić information content (AvgIpc) is 2.28.